The number of halogens is 2. The minimum Gasteiger partial charge on any atom is -0.305 e. The molecule has 19 heavy (non-hydrogen) atoms. The Kier molecular flexibility index (Phi) is 3.70. The van der Waals surface area contributed by atoms with Crippen molar-refractivity contribution in [2.45, 2.75) is 6.92 Å². The van der Waals surface area contributed by atoms with Crippen molar-refractivity contribution in [3.05, 3.63) is 53.7 Å². The molecule has 1 aromatic heterocycles. The number of hydrogen-bond acceptors (Lipinski definition) is 2. The van der Waals surface area contributed by atoms with Crippen molar-refractivity contribution in [1.82, 2.24) is 4.98 Å². The van der Waals surface area contributed by atoms with Gasteiger partial charge in [-0.1, -0.05) is 6.07 Å². The highest BCUT2D eigenvalue weighted by atomic mass is 19.1. The van der Waals surface area contributed by atoms with Crippen molar-refractivity contribution < 1.29 is 13.6 Å². The van der Waals surface area contributed by atoms with E-state index in [2.05, 4.69) is 15.6 Å². The zero-order valence-corrected chi connectivity index (χ0v) is 10.1. The molecule has 1 aromatic carbocycles. The number of aromatic nitrogens is 1. The Bertz CT molecular complexity index is 617. The van der Waals surface area contributed by atoms with Crippen LogP contribution in [0, 0.1) is 18.6 Å². The molecule has 6 heteroatoms. The van der Waals surface area contributed by atoms with E-state index in [4.69, 9.17) is 0 Å². The molecule has 0 atom stereocenters. The van der Waals surface area contributed by atoms with Crippen LogP contribution in [0.25, 0.3) is 0 Å². The summed E-state index contributed by atoms with van der Waals surface area (Å²) in [7, 11) is 0. The van der Waals surface area contributed by atoms with E-state index in [1.54, 1.807) is 25.1 Å². The van der Waals surface area contributed by atoms with E-state index in [1.165, 1.54) is 0 Å². The molecule has 0 saturated carbocycles. The molecule has 0 aliphatic heterocycles. The van der Waals surface area contributed by atoms with Crippen LogP contribution in [-0.4, -0.2) is 11.0 Å². The lowest BCUT2D eigenvalue weighted by Gasteiger charge is -2.08. The van der Waals surface area contributed by atoms with E-state index in [0.717, 1.165) is 23.9 Å². The van der Waals surface area contributed by atoms with Gasteiger partial charge in [0.25, 0.3) is 0 Å². The second kappa shape index (κ2) is 5.43. The fourth-order valence-corrected chi connectivity index (χ4v) is 1.48. The van der Waals surface area contributed by atoms with E-state index in [1.807, 2.05) is 0 Å². The van der Waals surface area contributed by atoms with Crippen LogP contribution in [0.1, 0.15) is 5.69 Å². The first-order valence-corrected chi connectivity index (χ1v) is 5.51. The highest BCUT2D eigenvalue weighted by Crippen LogP contribution is 2.15. The van der Waals surface area contributed by atoms with E-state index >= 15 is 0 Å². The highest BCUT2D eigenvalue weighted by Gasteiger charge is 2.08. The van der Waals surface area contributed by atoms with Crippen LogP contribution in [0.5, 0.6) is 0 Å². The average Bonchev–Trinajstić information content (AvgIpc) is 2.34. The number of hydrogen-bond donors (Lipinski definition) is 2. The molecular formula is C13H11F2N3O. The topological polar surface area (TPSA) is 54.0 Å². The Morgan fingerprint density at radius 2 is 1.95 bits per heavy atom. The lowest BCUT2D eigenvalue weighted by molar-refractivity contribution is 0.262. The van der Waals surface area contributed by atoms with Crippen LogP contribution in [-0.2, 0) is 0 Å². The third-order valence-electron chi connectivity index (χ3n) is 2.31. The molecule has 1 heterocycles. The van der Waals surface area contributed by atoms with Crippen LogP contribution in [0.3, 0.4) is 0 Å². The van der Waals surface area contributed by atoms with Gasteiger partial charge in [0.2, 0.25) is 0 Å². The first kappa shape index (κ1) is 12.9. The fourth-order valence-electron chi connectivity index (χ4n) is 1.48. The minimum absolute atomic E-state index is 0.231. The molecular weight excluding hydrogens is 252 g/mol. The maximum absolute atomic E-state index is 13.3. The van der Waals surface area contributed by atoms with Gasteiger partial charge in [-0.25, -0.2) is 18.6 Å². The third-order valence-corrected chi connectivity index (χ3v) is 2.31. The van der Waals surface area contributed by atoms with Crippen molar-refractivity contribution in [3.8, 4) is 0 Å². The summed E-state index contributed by atoms with van der Waals surface area (Å²) in [6.45, 7) is 1.77. The predicted molar refractivity (Wildman–Crippen MR) is 68.0 cm³/mol. The molecule has 0 aliphatic rings. The molecule has 0 bridgehead atoms. The third kappa shape index (κ3) is 3.48. The monoisotopic (exact) mass is 263 g/mol. The number of carbonyl (C=O) groups excluding carboxylic acids is 1. The normalized spacial score (nSPS) is 10.1. The van der Waals surface area contributed by atoms with Crippen molar-refractivity contribution >= 4 is 17.5 Å². The maximum atomic E-state index is 13.3. The van der Waals surface area contributed by atoms with Gasteiger partial charge in [-0.2, -0.15) is 0 Å². The summed E-state index contributed by atoms with van der Waals surface area (Å²) in [5.74, 6) is -1.02. The number of anilines is 2. The number of amides is 2. The first-order valence-electron chi connectivity index (χ1n) is 5.51. The molecule has 0 fully saturated rings. The summed E-state index contributed by atoms with van der Waals surface area (Å²) in [6.07, 6.45) is 0. The number of nitrogens with zero attached hydrogens (tertiary/aromatic N) is 1. The molecule has 2 rings (SSSR count). The first-order chi connectivity index (χ1) is 9.04. The molecule has 0 radical (unpaired) electrons. The lowest BCUT2D eigenvalue weighted by atomic mass is 10.3. The molecule has 2 N–H and O–H groups in total. The largest absolute Gasteiger partial charge is 0.324 e. The summed E-state index contributed by atoms with van der Waals surface area (Å²) in [6, 6.07) is 7.21. The zero-order valence-electron chi connectivity index (χ0n) is 10.1. The molecule has 2 aromatic rings. The van der Waals surface area contributed by atoms with E-state index in [-0.39, 0.29) is 5.69 Å². The second-order valence-electron chi connectivity index (χ2n) is 3.87. The standard InChI is InChI=1S/C13H11F2N3O/c1-8-3-2-4-12(16-8)18-13(19)17-11-7-9(14)5-6-10(11)15/h2-7H,1H3,(H2,16,17,18,19). The number of aryl methyl sites for hydroxylation is 1. The second-order valence-corrected chi connectivity index (χ2v) is 3.87. The molecule has 0 unspecified atom stereocenters. The smallest absolute Gasteiger partial charge is 0.305 e. The van der Waals surface area contributed by atoms with Crippen LogP contribution in [0.4, 0.5) is 25.1 Å². The van der Waals surface area contributed by atoms with Crippen LogP contribution in [0.2, 0.25) is 0 Å². The maximum Gasteiger partial charge on any atom is 0.324 e. The van der Waals surface area contributed by atoms with Crippen LogP contribution < -0.4 is 10.6 Å². The van der Waals surface area contributed by atoms with Gasteiger partial charge in [-0.3, -0.25) is 5.32 Å². The van der Waals surface area contributed by atoms with E-state index in [9.17, 15) is 13.6 Å². The Labute approximate surface area is 108 Å². The summed E-state index contributed by atoms with van der Waals surface area (Å²) >= 11 is 0. The summed E-state index contributed by atoms with van der Waals surface area (Å²) in [4.78, 5) is 15.7. The molecule has 0 saturated heterocycles. The van der Waals surface area contributed by atoms with E-state index < -0.39 is 17.7 Å². The van der Waals surface area contributed by atoms with Gasteiger partial charge in [0.05, 0.1) is 5.69 Å². The molecule has 2 amide bonds. The summed E-state index contributed by atoms with van der Waals surface area (Å²) < 4.78 is 26.2. The van der Waals surface area contributed by atoms with Gasteiger partial charge >= 0.3 is 6.03 Å². The molecule has 4 nitrogen and oxygen atoms in total. The Morgan fingerprint density at radius 1 is 1.16 bits per heavy atom. The van der Waals surface area contributed by atoms with Crippen molar-refractivity contribution in [2.24, 2.45) is 0 Å². The molecule has 0 spiro atoms. The van der Waals surface area contributed by atoms with Crippen LogP contribution in [0.15, 0.2) is 36.4 Å². The Morgan fingerprint density at radius 3 is 2.68 bits per heavy atom. The number of urea groups is 1. The van der Waals surface area contributed by atoms with Gasteiger partial charge in [0.1, 0.15) is 17.5 Å². The minimum atomic E-state index is -0.714. The number of nitrogens with one attached hydrogen (secondary N) is 2. The van der Waals surface area contributed by atoms with Crippen LogP contribution >= 0.6 is 0 Å². The van der Waals surface area contributed by atoms with Crippen molar-refractivity contribution in [1.29, 1.82) is 0 Å². The number of rotatable bonds is 2. The molecule has 98 valence electrons. The fraction of sp³-hybridized carbons (Fsp3) is 0.0769. The van der Waals surface area contributed by atoms with Gasteiger partial charge in [-0.05, 0) is 31.2 Å². The van der Waals surface area contributed by atoms with E-state index in [0.29, 0.717) is 5.82 Å². The molecule has 0 aliphatic carbocycles. The number of benzene rings is 1. The quantitative estimate of drug-likeness (QED) is 0.873. The van der Waals surface area contributed by atoms with Crippen molar-refractivity contribution in [2.75, 3.05) is 10.6 Å². The zero-order chi connectivity index (χ0) is 13.8. The van der Waals surface area contributed by atoms with Gasteiger partial charge < -0.3 is 5.32 Å². The van der Waals surface area contributed by atoms with Gasteiger partial charge in [0, 0.05) is 11.8 Å². The van der Waals surface area contributed by atoms with Gasteiger partial charge in [-0.15, -0.1) is 0 Å². The summed E-state index contributed by atoms with van der Waals surface area (Å²) in [5, 5.41) is 4.64. The summed E-state index contributed by atoms with van der Waals surface area (Å²) in [5.41, 5.74) is 0.500. The Hall–Kier alpha value is -2.50. The Balaban J connectivity index is 2.07. The predicted octanol–water partition coefficient (Wildman–Crippen LogP) is 3.31. The lowest BCUT2D eigenvalue weighted by Crippen LogP contribution is -2.21. The number of pyridine rings is 1. The highest BCUT2D eigenvalue weighted by molar-refractivity contribution is 5.99. The number of carbonyl (C=O) groups is 1. The SMILES string of the molecule is Cc1cccc(NC(=O)Nc2cc(F)ccc2F)n1. The van der Waals surface area contributed by atoms with Crippen molar-refractivity contribution in [3.63, 3.8) is 0 Å². The van der Waals surface area contributed by atoms with Gasteiger partial charge in [0.15, 0.2) is 0 Å². The average molecular weight is 263 g/mol.